The van der Waals surface area contributed by atoms with Crippen LogP contribution in [-0.2, 0) is 11.2 Å². The number of aromatic nitrogens is 2. The quantitative estimate of drug-likeness (QED) is 0.875. The molecule has 1 saturated heterocycles. The summed E-state index contributed by atoms with van der Waals surface area (Å²) in [5.41, 5.74) is 1.95. The Morgan fingerprint density at radius 2 is 2.00 bits per heavy atom. The summed E-state index contributed by atoms with van der Waals surface area (Å²) in [6, 6.07) is 8.23. The van der Waals surface area contributed by atoms with Crippen LogP contribution in [0.5, 0.6) is 5.75 Å². The summed E-state index contributed by atoms with van der Waals surface area (Å²) >= 11 is 0. The molecule has 5 rings (SSSR count). The van der Waals surface area contributed by atoms with E-state index < -0.39 is 0 Å². The number of benzene rings is 1. The Hall–Kier alpha value is -2.57. The van der Waals surface area contributed by atoms with Gasteiger partial charge < -0.3 is 19.4 Å². The summed E-state index contributed by atoms with van der Waals surface area (Å²) in [6.45, 7) is 4.48. The minimum absolute atomic E-state index is 0.115. The molecule has 150 valence electrons. The van der Waals surface area contributed by atoms with Gasteiger partial charge in [-0.2, -0.15) is 0 Å². The maximum absolute atomic E-state index is 12.2. The van der Waals surface area contributed by atoms with Crippen LogP contribution >= 0.6 is 0 Å². The first-order chi connectivity index (χ1) is 13.7. The number of anilines is 1. The average molecular weight is 384 g/mol. The van der Waals surface area contributed by atoms with Crippen LogP contribution in [0, 0.1) is 5.41 Å². The summed E-state index contributed by atoms with van der Waals surface area (Å²) in [5.74, 6) is 1.19. The number of para-hydroxylation sites is 1. The van der Waals surface area contributed by atoms with Gasteiger partial charge >= 0.3 is 6.01 Å². The van der Waals surface area contributed by atoms with Crippen LogP contribution in [0.15, 0.2) is 35.1 Å². The van der Waals surface area contributed by atoms with Gasteiger partial charge in [-0.25, -0.2) is 0 Å². The molecule has 3 aliphatic rings. The van der Waals surface area contributed by atoms with E-state index in [-0.39, 0.29) is 11.9 Å². The Morgan fingerprint density at radius 1 is 1.21 bits per heavy atom. The van der Waals surface area contributed by atoms with Crippen molar-refractivity contribution in [3.05, 3.63) is 36.2 Å². The molecule has 2 fully saturated rings. The van der Waals surface area contributed by atoms with Gasteiger partial charge in [0.2, 0.25) is 12.3 Å². The average Bonchev–Trinajstić information content (AvgIpc) is 3.29. The summed E-state index contributed by atoms with van der Waals surface area (Å²) in [5, 5.41) is 10.2. The standard InChI is InChI=1S/C12H18N4O2.C9H10O/c1-9(14-11-15-13-8-18-11)10(17)16-6-4-12(2-3-12)5-7-16;1-2-6-9-8(4-1)5-3-7-10-9/h8-9H,2-7H2,1H3,(H,14,15);1-2,4,6H,3,5,7H2. The number of hydrogen-bond acceptors (Lipinski definition) is 6. The van der Waals surface area contributed by atoms with E-state index in [9.17, 15) is 4.79 Å². The van der Waals surface area contributed by atoms with Gasteiger partial charge in [-0.15, -0.1) is 5.10 Å². The zero-order valence-corrected chi connectivity index (χ0v) is 16.4. The lowest BCUT2D eigenvalue weighted by atomic mass is 9.93. The molecule has 0 bridgehead atoms. The van der Waals surface area contributed by atoms with Gasteiger partial charge in [-0.1, -0.05) is 23.3 Å². The van der Waals surface area contributed by atoms with E-state index in [2.05, 4.69) is 27.6 Å². The fourth-order valence-corrected chi connectivity index (χ4v) is 3.93. The summed E-state index contributed by atoms with van der Waals surface area (Å²) in [6.07, 6.45) is 8.61. The minimum atomic E-state index is -0.321. The number of carbonyl (C=O) groups is 1. The molecule has 1 aromatic heterocycles. The smallest absolute Gasteiger partial charge is 0.315 e. The van der Waals surface area contributed by atoms with Gasteiger partial charge in [-0.05, 0) is 62.5 Å². The molecule has 1 aliphatic carbocycles. The zero-order chi connectivity index (χ0) is 19.4. The second-order valence-corrected chi connectivity index (χ2v) is 7.99. The highest BCUT2D eigenvalue weighted by Gasteiger charge is 2.45. The van der Waals surface area contributed by atoms with Crippen LogP contribution in [0.4, 0.5) is 6.01 Å². The molecule has 2 aliphatic heterocycles. The van der Waals surface area contributed by atoms with Crippen LogP contribution in [0.2, 0.25) is 0 Å². The fourth-order valence-electron chi connectivity index (χ4n) is 3.93. The molecular weight excluding hydrogens is 356 g/mol. The molecular formula is C21H28N4O3. The van der Waals surface area contributed by atoms with Gasteiger partial charge in [-0.3, -0.25) is 4.79 Å². The second kappa shape index (κ2) is 8.20. The van der Waals surface area contributed by atoms with Crippen LogP contribution in [0.3, 0.4) is 0 Å². The third kappa shape index (κ3) is 4.46. The number of ether oxygens (including phenoxy) is 1. The fraction of sp³-hybridized carbons (Fsp3) is 0.571. The van der Waals surface area contributed by atoms with Crippen molar-refractivity contribution < 1.29 is 13.9 Å². The third-order valence-corrected chi connectivity index (χ3v) is 5.98. The molecule has 1 spiro atoms. The number of nitrogens with zero attached hydrogens (tertiary/aromatic N) is 3. The highest BCUT2D eigenvalue weighted by molar-refractivity contribution is 5.83. The molecule has 1 N–H and O–H groups in total. The topological polar surface area (TPSA) is 80.5 Å². The van der Waals surface area contributed by atoms with Gasteiger partial charge in [0.25, 0.3) is 0 Å². The lowest BCUT2D eigenvalue weighted by Gasteiger charge is -2.33. The third-order valence-electron chi connectivity index (χ3n) is 5.98. The monoisotopic (exact) mass is 384 g/mol. The number of likely N-dealkylation sites (tertiary alicyclic amines) is 1. The van der Waals surface area contributed by atoms with Gasteiger partial charge in [0.05, 0.1) is 6.61 Å². The van der Waals surface area contributed by atoms with Crippen molar-refractivity contribution >= 4 is 11.9 Å². The molecule has 2 aromatic rings. The normalized spacial score (nSPS) is 20.2. The Kier molecular flexibility index (Phi) is 5.50. The van der Waals surface area contributed by atoms with Crippen LogP contribution < -0.4 is 10.1 Å². The molecule has 7 nitrogen and oxygen atoms in total. The van der Waals surface area contributed by atoms with Crippen LogP contribution in [0.1, 0.15) is 44.6 Å². The maximum Gasteiger partial charge on any atom is 0.315 e. The van der Waals surface area contributed by atoms with Crippen LogP contribution in [0.25, 0.3) is 0 Å². The Morgan fingerprint density at radius 3 is 2.68 bits per heavy atom. The lowest BCUT2D eigenvalue weighted by molar-refractivity contribution is -0.133. The first-order valence-electron chi connectivity index (χ1n) is 10.2. The molecule has 3 heterocycles. The van der Waals surface area contributed by atoms with E-state index in [4.69, 9.17) is 9.15 Å². The van der Waals surface area contributed by atoms with E-state index >= 15 is 0 Å². The number of rotatable bonds is 3. The molecule has 1 atom stereocenters. The van der Waals surface area contributed by atoms with Gasteiger partial charge in [0.15, 0.2) is 0 Å². The molecule has 1 aromatic carbocycles. The summed E-state index contributed by atoms with van der Waals surface area (Å²) in [7, 11) is 0. The van der Waals surface area contributed by atoms with Crippen molar-refractivity contribution in [2.75, 3.05) is 25.0 Å². The van der Waals surface area contributed by atoms with E-state index in [1.165, 1.54) is 31.2 Å². The van der Waals surface area contributed by atoms with E-state index in [1.54, 1.807) is 0 Å². The molecule has 1 amide bonds. The maximum atomic E-state index is 12.2. The highest BCUT2D eigenvalue weighted by Crippen LogP contribution is 2.53. The summed E-state index contributed by atoms with van der Waals surface area (Å²) < 4.78 is 10.4. The van der Waals surface area contributed by atoms with Gasteiger partial charge in [0, 0.05) is 13.1 Å². The number of hydrogen-bond donors (Lipinski definition) is 1. The van der Waals surface area contributed by atoms with Crippen molar-refractivity contribution in [3.63, 3.8) is 0 Å². The number of aryl methyl sites for hydroxylation is 1. The number of fused-ring (bicyclic) bond motifs is 1. The van der Waals surface area contributed by atoms with Gasteiger partial charge in [0.1, 0.15) is 11.8 Å². The largest absolute Gasteiger partial charge is 0.493 e. The van der Waals surface area contributed by atoms with Crippen LogP contribution in [-0.4, -0.2) is 46.7 Å². The predicted octanol–water partition coefficient (Wildman–Crippen LogP) is 3.28. The number of carbonyl (C=O) groups excluding carboxylic acids is 1. The Balaban J connectivity index is 0.000000162. The zero-order valence-electron chi connectivity index (χ0n) is 16.4. The second-order valence-electron chi connectivity index (χ2n) is 7.99. The van der Waals surface area contributed by atoms with E-state index in [0.717, 1.165) is 44.7 Å². The Labute approximate surface area is 165 Å². The number of amides is 1. The minimum Gasteiger partial charge on any atom is -0.493 e. The predicted molar refractivity (Wildman–Crippen MR) is 105 cm³/mol. The molecule has 1 unspecified atom stereocenters. The molecule has 1 saturated carbocycles. The van der Waals surface area contributed by atoms with Crippen molar-refractivity contribution in [1.82, 2.24) is 15.1 Å². The first-order valence-corrected chi connectivity index (χ1v) is 10.2. The van der Waals surface area contributed by atoms with E-state index in [1.807, 2.05) is 24.0 Å². The number of piperidine rings is 1. The van der Waals surface area contributed by atoms with Crippen molar-refractivity contribution in [2.45, 2.75) is 51.5 Å². The SMILES string of the molecule is CC(Nc1nnco1)C(=O)N1CCC2(CC1)CC2.c1ccc2c(c1)CCCO2. The van der Waals surface area contributed by atoms with Crippen molar-refractivity contribution in [1.29, 1.82) is 0 Å². The highest BCUT2D eigenvalue weighted by atomic mass is 16.5. The van der Waals surface area contributed by atoms with Crippen molar-refractivity contribution in [2.24, 2.45) is 5.41 Å². The first kappa shape index (κ1) is 18.8. The molecule has 7 heteroatoms. The molecule has 28 heavy (non-hydrogen) atoms. The van der Waals surface area contributed by atoms with E-state index in [0.29, 0.717) is 11.4 Å². The lowest BCUT2D eigenvalue weighted by Crippen LogP contribution is -2.45. The molecule has 0 radical (unpaired) electrons. The Bertz CT molecular complexity index is 754. The number of nitrogens with one attached hydrogen (secondary N) is 1. The summed E-state index contributed by atoms with van der Waals surface area (Å²) in [4.78, 5) is 14.2. The van der Waals surface area contributed by atoms with Crippen molar-refractivity contribution in [3.8, 4) is 5.75 Å².